The Kier molecular flexibility index (Phi) is 20.3. The number of carbonyl (C=O) groups is 1. The van der Waals surface area contributed by atoms with E-state index in [0.717, 1.165) is 32.1 Å². The van der Waals surface area contributed by atoms with E-state index in [9.17, 15) is 9.90 Å². The van der Waals surface area contributed by atoms with Gasteiger partial charge in [0.2, 0.25) is 0 Å². The van der Waals surface area contributed by atoms with E-state index in [1.807, 2.05) is 0 Å². The SMILES string of the molecule is CCCC(O)CCCCCCCCCCCCCCCCCCC(=O)O. The molecule has 156 valence electrons. The molecule has 0 bridgehead atoms. The topological polar surface area (TPSA) is 57.5 Å². The minimum atomic E-state index is -0.660. The zero-order chi connectivity index (χ0) is 19.3. The molecule has 0 saturated carbocycles. The van der Waals surface area contributed by atoms with E-state index in [2.05, 4.69) is 6.92 Å². The van der Waals surface area contributed by atoms with Gasteiger partial charge in [0.15, 0.2) is 0 Å². The minimum absolute atomic E-state index is 0.0584. The predicted molar refractivity (Wildman–Crippen MR) is 112 cm³/mol. The van der Waals surface area contributed by atoms with Crippen molar-refractivity contribution >= 4 is 5.97 Å². The second-order valence-corrected chi connectivity index (χ2v) is 8.03. The summed E-state index contributed by atoms with van der Waals surface area (Å²) in [5.41, 5.74) is 0. The van der Waals surface area contributed by atoms with Crippen LogP contribution in [-0.2, 0) is 4.79 Å². The Labute approximate surface area is 163 Å². The fourth-order valence-electron chi connectivity index (χ4n) is 3.61. The molecule has 2 N–H and O–H groups in total. The zero-order valence-corrected chi connectivity index (χ0v) is 17.5. The Morgan fingerprint density at radius 3 is 1.31 bits per heavy atom. The van der Waals surface area contributed by atoms with Crippen molar-refractivity contribution in [2.45, 2.75) is 141 Å². The number of hydrogen-bond acceptors (Lipinski definition) is 2. The minimum Gasteiger partial charge on any atom is -0.481 e. The summed E-state index contributed by atoms with van der Waals surface area (Å²) in [5, 5.41) is 18.2. The van der Waals surface area contributed by atoms with Gasteiger partial charge in [-0.15, -0.1) is 0 Å². The molecule has 1 atom stereocenters. The monoisotopic (exact) mass is 370 g/mol. The van der Waals surface area contributed by atoms with Crippen LogP contribution in [0.1, 0.15) is 135 Å². The van der Waals surface area contributed by atoms with Gasteiger partial charge in [0, 0.05) is 6.42 Å². The lowest BCUT2D eigenvalue weighted by molar-refractivity contribution is -0.137. The molecule has 0 radical (unpaired) electrons. The first-order chi connectivity index (χ1) is 12.7. The molecule has 0 aromatic heterocycles. The Bertz CT molecular complexity index is 291. The molecule has 3 nitrogen and oxygen atoms in total. The molecule has 0 rings (SSSR count). The van der Waals surface area contributed by atoms with Crippen LogP contribution in [0.15, 0.2) is 0 Å². The second-order valence-electron chi connectivity index (χ2n) is 8.03. The van der Waals surface area contributed by atoms with Crippen molar-refractivity contribution < 1.29 is 15.0 Å². The first-order valence-corrected chi connectivity index (χ1v) is 11.6. The van der Waals surface area contributed by atoms with Crippen LogP contribution in [0, 0.1) is 0 Å². The van der Waals surface area contributed by atoms with Crippen molar-refractivity contribution in [2.75, 3.05) is 0 Å². The van der Waals surface area contributed by atoms with Crippen molar-refractivity contribution in [3.8, 4) is 0 Å². The van der Waals surface area contributed by atoms with Gasteiger partial charge in [-0.25, -0.2) is 0 Å². The molecule has 0 aliphatic rings. The Hall–Kier alpha value is -0.570. The summed E-state index contributed by atoms with van der Waals surface area (Å²) in [6.07, 6.45) is 23.9. The third-order valence-electron chi connectivity index (χ3n) is 5.30. The van der Waals surface area contributed by atoms with Crippen LogP contribution in [-0.4, -0.2) is 22.3 Å². The van der Waals surface area contributed by atoms with E-state index in [1.54, 1.807) is 0 Å². The van der Waals surface area contributed by atoms with Gasteiger partial charge >= 0.3 is 5.97 Å². The van der Waals surface area contributed by atoms with E-state index in [-0.39, 0.29) is 6.10 Å². The summed E-state index contributed by atoms with van der Waals surface area (Å²) in [6.45, 7) is 2.14. The molecule has 0 aliphatic heterocycles. The quantitative estimate of drug-likeness (QED) is 0.209. The third kappa shape index (κ3) is 21.5. The molecule has 0 aromatic rings. The summed E-state index contributed by atoms with van der Waals surface area (Å²) in [7, 11) is 0. The van der Waals surface area contributed by atoms with Gasteiger partial charge in [0.05, 0.1) is 6.10 Å². The Balaban J connectivity index is 3.04. The van der Waals surface area contributed by atoms with E-state index in [1.165, 1.54) is 89.9 Å². The van der Waals surface area contributed by atoms with Crippen molar-refractivity contribution in [1.82, 2.24) is 0 Å². The summed E-state index contributed by atoms with van der Waals surface area (Å²) >= 11 is 0. The third-order valence-corrected chi connectivity index (χ3v) is 5.30. The number of hydrogen-bond donors (Lipinski definition) is 2. The highest BCUT2D eigenvalue weighted by atomic mass is 16.4. The number of carboxylic acids is 1. The van der Waals surface area contributed by atoms with Crippen molar-refractivity contribution in [3.63, 3.8) is 0 Å². The summed E-state index contributed by atoms with van der Waals surface area (Å²) in [6, 6.07) is 0. The maximum atomic E-state index is 10.4. The normalized spacial score (nSPS) is 12.4. The number of aliphatic hydroxyl groups is 1. The van der Waals surface area contributed by atoms with Gasteiger partial charge in [-0.1, -0.05) is 110 Å². The van der Waals surface area contributed by atoms with E-state index in [0.29, 0.717) is 6.42 Å². The van der Waals surface area contributed by atoms with Crippen molar-refractivity contribution in [2.24, 2.45) is 0 Å². The molecule has 0 fully saturated rings. The van der Waals surface area contributed by atoms with Gasteiger partial charge in [0.25, 0.3) is 0 Å². The van der Waals surface area contributed by atoms with Gasteiger partial charge in [-0.2, -0.15) is 0 Å². The largest absolute Gasteiger partial charge is 0.481 e. The predicted octanol–water partition coefficient (Wildman–Crippen LogP) is 7.25. The van der Waals surface area contributed by atoms with Gasteiger partial charge in [-0.05, 0) is 19.3 Å². The average Bonchev–Trinajstić information content (AvgIpc) is 2.60. The van der Waals surface area contributed by atoms with Crippen LogP contribution < -0.4 is 0 Å². The lowest BCUT2D eigenvalue weighted by Crippen LogP contribution is -2.04. The lowest BCUT2D eigenvalue weighted by atomic mass is 10.0. The molecular weight excluding hydrogens is 324 g/mol. The van der Waals surface area contributed by atoms with Crippen LogP contribution in [0.3, 0.4) is 0 Å². The van der Waals surface area contributed by atoms with Crippen LogP contribution in [0.5, 0.6) is 0 Å². The second kappa shape index (κ2) is 20.7. The number of aliphatic carboxylic acids is 1. The molecule has 26 heavy (non-hydrogen) atoms. The van der Waals surface area contributed by atoms with Crippen LogP contribution in [0.25, 0.3) is 0 Å². The fourth-order valence-corrected chi connectivity index (χ4v) is 3.61. The molecule has 0 aliphatic carbocycles. The molecule has 0 amide bonds. The molecule has 0 saturated heterocycles. The van der Waals surface area contributed by atoms with E-state index < -0.39 is 5.97 Å². The summed E-state index contributed by atoms with van der Waals surface area (Å²) in [4.78, 5) is 10.4. The van der Waals surface area contributed by atoms with E-state index in [4.69, 9.17) is 5.11 Å². The number of unbranched alkanes of at least 4 members (excludes halogenated alkanes) is 15. The molecular formula is C23H46O3. The highest BCUT2D eigenvalue weighted by molar-refractivity contribution is 5.66. The highest BCUT2D eigenvalue weighted by Gasteiger charge is 2.01. The van der Waals surface area contributed by atoms with Gasteiger partial charge in [0.1, 0.15) is 0 Å². The first kappa shape index (κ1) is 25.4. The van der Waals surface area contributed by atoms with Crippen molar-refractivity contribution in [3.05, 3.63) is 0 Å². The van der Waals surface area contributed by atoms with Gasteiger partial charge < -0.3 is 10.2 Å². The molecule has 0 heterocycles. The standard InChI is InChI=1S/C23H46O3/c1-2-19-22(24)20-17-15-13-11-9-7-5-3-4-6-8-10-12-14-16-18-21-23(25)26/h22,24H,2-21H2,1H3,(H,25,26). The molecule has 3 heteroatoms. The number of rotatable bonds is 21. The molecule has 0 aromatic carbocycles. The highest BCUT2D eigenvalue weighted by Crippen LogP contribution is 2.15. The van der Waals surface area contributed by atoms with Crippen molar-refractivity contribution in [1.29, 1.82) is 0 Å². The summed E-state index contributed by atoms with van der Waals surface area (Å²) in [5.74, 6) is -0.660. The van der Waals surface area contributed by atoms with Crippen LogP contribution in [0.4, 0.5) is 0 Å². The van der Waals surface area contributed by atoms with Crippen LogP contribution in [0.2, 0.25) is 0 Å². The lowest BCUT2D eigenvalue weighted by Gasteiger charge is -2.08. The maximum Gasteiger partial charge on any atom is 0.303 e. The smallest absolute Gasteiger partial charge is 0.303 e. The Morgan fingerprint density at radius 1 is 0.615 bits per heavy atom. The number of carboxylic acid groups (broad SMARTS) is 1. The number of aliphatic hydroxyl groups excluding tert-OH is 1. The zero-order valence-electron chi connectivity index (χ0n) is 17.5. The average molecular weight is 371 g/mol. The fraction of sp³-hybridized carbons (Fsp3) is 0.957. The van der Waals surface area contributed by atoms with Gasteiger partial charge in [-0.3, -0.25) is 4.79 Å². The maximum absolute atomic E-state index is 10.4. The summed E-state index contributed by atoms with van der Waals surface area (Å²) < 4.78 is 0. The van der Waals surface area contributed by atoms with E-state index >= 15 is 0 Å². The molecule has 1 unspecified atom stereocenters. The van der Waals surface area contributed by atoms with Crippen LogP contribution >= 0.6 is 0 Å². The Morgan fingerprint density at radius 2 is 0.962 bits per heavy atom. The molecule has 0 spiro atoms. The first-order valence-electron chi connectivity index (χ1n) is 11.6.